The van der Waals surface area contributed by atoms with E-state index < -0.39 is 17.6 Å². The van der Waals surface area contributed by atoms with E-state index in [0.29, 0.717) is 42.7 Å². The fourth-order valence-corrected chi connectivity index (χ4v) is 8.75. The van der Waals surface area contributed by atoms with E-state index >= 15 is 0 Å². The van der Waals surface area contributed by atoms with Gasteiger partial charge in [0.2, 0.25) is 5.91 Å². The van der Waals surface area contributed by atoms with Crippen LogP contribution in [0, 0.1) is 34.5 Å². The van der Waals surface area contributed by atoms with Gasteiger partial charge in [0.15, 0.2) is 0 Å². The third-order valence-electron chi connectivity index (χ3n) is 10.7. The normalized spacial score (nSPS) is 39.0. The minimum atomic E-state index is -4.46. The van der Waals surface area contributed by atoms with E-state index in [1.54, 1.807) is 0 Å². The van der Waals surface area contributed by atoms with E-state index in [-0.39, 0.29) is 22.3 Å². The van der Waals surface area contributed by atoms with Gasteiger partial charge in [-0.05, 0) is 97.6 Å². The Morgan fingerprint density at radius 2 is 1.80 bits per heavy atom. The van der Waals surface area contributed by atoms with Crippen LogP contribution in [0.4, 0.5) is 13.2 Å². The van der Waals surface area contributed by atoms with Crippen LogP contribution < -0.4 is 5.32 Å². The van der Waals surface area contributed by atoms with Gasteiger partial charge < -0.3 is 10.2 Å². The molecular weight excluding hydrogens is 453 g/mol. The number of carbonyl (C=O) groups is 2. The highest BCUT2D eigenvalue weighted by molar-refractivity contribution is 5.94. The van der Waals surface area contributed by atoms with Crippen LogP contribution in [0.15, 0.2) is 24.3 Å². The van der Waals surface area contributed by atoms with E-state index in [1.165, 1.54) is 12.1 Å². The maximum absolute atomic E-state index is 13.1. The van der Waals surface area contributed by atoms with Crippen LogP contribution in [0.2, 0.25) is 0 Å². The van der Waals surface area contributed by atoms with E-state index in [2.05, 4.69) is 19.2 Å². The summed E-state index contributed by atoms with van der Waals surface area (Å²) in [4.78, 5) is 27.1. The average Bonchev–Trinajstić information content (AvgIpc) is 3.16. The molecule has 0 aromatic heterocycles. The molecule has 192 valence electrons. The van der Waals surface area contributed by atoms with Crippen molar-refractivity contribution in [2.75, 3.05) is 13.6 Å². The van der Waals surface area contributed by atoms with Crippen LogP contribution in [-0.2, 0) is 11.0 Å². The number of nitrogens with one attached hydrogen (secondary N) is 1. The van der Waals surface area contributed by atoms with Crippen molar-refractivity contribution in [1.82, 2.24) is 10.2 Å². The number of likely N-dealkylation sites (tertiary alicyclic amines) is 1. The Bertz CT molecular complexity index is 1010. The second-order valence-electron chi connectivity index (χ2n) is 12.1. The fraction of sp³-hybridized carbons (Fsp3) is 0.714. The summed E-state index contributed by atoms with van der Waals surface area (Å²) in [5, 5.41) is 2.96. The van der Waals surface area contributed by atoms with Crippen molar-refractivity contribution in [3.05, 3.63) is 35.4 Å². The van der Waals surface area contributed by atoms with Crippen LogP contribution in [-0.4, -0.2) is 36.3 Å². The monoisotopic (exact) mass is 490 g/mol. The number of hydrogen-bond donors (Lipinski definition) is 1. The largest absolute Gasteiger partial charge is 0.416 e. The number of halogens is 3. The average molecular weight is 491 g/mol. The van der Waals surface area contributed by atoms with Crippen molar-refractivity contribution >= 4 is 11.8 Å². The van der Waals surface area contributed by atoms with Crippen molar-refractivity contribution < 1.29 is 22.8 Å². The molecule has 3 aliphatic carbocycles. The molecule has 3 saturated carbocycles. The SMILES string of the molecule is CN1C(=O)CC[C@]2(C)[C@H]3CC[C@]4(C)C(CNC(=O)c5cccc(C(F)(F)F)c5)CC[C@H]4[C@@H]3CC[C@@H]12. The Kier molecular flexibility index (Phi) is 5.99. The highest BCUT2D eigenvalue weighted by Gasteiger charge is 2.61. The quantitative estimate of drug-likeness (QED) is 0.572. The zero-order valence-corrected chi connectivity index (χ0v) is 21.0. The van der Waals surface area contributed by atoms with E-state index in [4.69, 9.17) is 0 Å². The summed E-state index contributed by atoms with van der Waals surface area (Å²) in [6.07, 6.45) is 3.88. The first kappa shape index (κ1) is 24.6. The molecule has 1 unspecified atom stereocenters. The molecule has 1 saturated heterocycles. The van der Waals surface area contributed by atoms with Gasteiger partial charge in [-0.3, -0.25) is 9.59 Å². The number of fused-ring (bicyclic) bond motifs is 5. The lowest BCUT2D eigenvalue weighted by molar-refractivity contribution is -0.158. The lowest BCUT2D eigenvalue weighted by Gasteiger charge is -2.61. The topological polar surface area (TPSA) is 49.4 Å². The van der Waals surface area contributed by atoms with E-state index in [1.807, 2.05) is 11.9 Å². The predicted molar refractivity (Wildman–Crippen MR) is 127 cm³/mol. The Hall–Kier alpha value is -2.05. The third-order valence-corrected chi connectivity index (χ3v) is 10.7. The molecule has 7 heteroatoms. The molecule has 4 fully saturated rings. The summed E-state index contributed by atoms with van der Waals surface area (Å²) in [6, 6.07) is 5.01. The van der Waals surface area contributed by atoms with Crippen LogP contribution in [0.3, 0.4) is 0 Å². The molecule has 4 aliphatic rings. The molecule has 2 amide bonds. The number of hydrogen-bond acceptors (Lipinski definition) is 2. The Balaban J connectivity index is 1.27. The number of alkyl halides is 3. The van der Waals surface area contributed by atoms with E-state index in [9.17, 15) is 22.8 Å². The number of benzene rings is 1. The number of rotatable bonds is 3. The predicted octanol–water partition coefficient (Wildman–Crippen LogP) is 5.91. The lowest BCUT2D eigenvalue weighted by atomic mass is 9.47. The summed E-state index contributed by atoms with van der Waals surface area (Å²) >= 11 is 0. The summed E-state index contributed by atoms with van der Waals surface area (Å²) in [5.74, 6) is 2.08. The summed E-state index contributed by atoms with van der Waals surface area (Å²) in [7, 11) is 1.98. The minimum Gasteiger partial charge on any atom is -0.352 e. The summed E-state index contributed by atoms with van der Waals surface area (Å²) in [6.45, 7) is 5.31. The van der Waals surface area contributed by atoms with Crippen LogP contribution >= 0.6 is 0 Å². The van der Waals surface area contributed by atoms with Crippen molar-refractivity contribution in [1.29, 1.82) is 0 Å². The zero-order chi connectivity index (χ0) is 25.2. The van der Waals surface area contributed by atoms with Crippen LogP contribution in [0.25, 0.3) is 0 Å². The highest BCUT2D eigenvalue weighted by Crippen LogP contribution is 2.66. The molecule has 5 rings (SSSR count). The van der Waals surface area contributed by atoms with Crippen molar-refractivity contribution in [2.45, 2.75) is 77.4 Å². The zero-order valence-electron chi connectivity index (χ0n) is 21.0. The number of amides is 2. The fourth-order valence-electron chi connectivity index (χ4n) is 8.75. The van der Waals surface area contributed by atoms with Crippen molar-refractivity contribution in [2.24, 2.45) is 34.5 Å². The minimum absolute atomic E-state index is 0.0606. The molecule has 35 heavy (non-hydrogen) atoms. The molecule has 1 aromatic rings. The van der Waals surface area contributed by atoms with Gasteiger partial charge in [-0.25, -0.2) is 0 Å². The third kappa shape index (κ3) is 3.97. The molecule has 4 nitrogen and oxygen atoms in total. The maximum Gasteiger partial charge on any atom is 0.416 e. The van der Waals surface area contributed by atoms with Gasteiger partial charge >= 0.3 is 6.18 Å². The van der Waals surface area contributed by atoms with Crippen LogP contribution in [0.1, 0.15) is 81.1 Å². The second kappa shape index (κ2) is 8.52. The van der Waals surface area contributed by atoms with Gasteiger partial charge in [0.25, 0.3) is 5.91 Å². The molecule has 7 atom stereocenters. The lowest BCUT2D eigenvalue weighted by Crippen LogP contribution is -2.61. The molecule has 0 bridgehead atoms. The first-order valence-corrected chi connectivity index (χ1v) is 13.2. The van der Waals surface area contributed by atoms with Gasteiger partial charge in [-0.15, -0.1) is 0 Å². The first-order chi connectivity index (χ1) is 16.4. The number of carbonyl (C=O) groups excluding carboxylic acids is 2. The Labute approximate surface area is 206 Å². The first-order valence-electron chi connectivity index (χ1n) is 13.2. The number of nitrogens with zero attached hydrogens (tertiary/aromatic N) is 1. The molecule has 1 heterocycles. The molecular formula is C28H37F3N2O2. The standard InChI is InChI=1S/C28H37F3N2O2/c1-26-13-11-22-20(8-10-23-27(22,2)14-12-24(34)33(23)3)21(26)9-7-19(26)16-32-25(35)17-5-4-6-18(15-17)28(29,30)31/h4-6,15,19-23H,7-14,16H2,1-3H3,(H,32,35)/t19?,20-,21-,22-,23+,26+,27+/m0/s1. The Morgan fingerprint density at radius 3 is 2.54 bits per heavy atom. The van der Waals surface area contributed by atoms with E-state index in [0.717, 1.165) is 57.1 Å². The van der Waals surface area contributed by atoms with Gasteiger partial charge in [0.05, 0.1) is 5.56 Å². The maximum atomic E-state index is 13.1. The van der Waals surface area contributed by atoms with Gasteiger partial charge in [-0.2, -0.15) is 13.2 Å². The van der Waals surface area contributed by atoms with Gasteiger partial charge in [-0.1, -0.05) is 19.9 Å². The summed E-state index contributed by atoms with van der Waals surface area (Å²) < 4.78 is 39.2. The Morgan fingerprint density at radius 1 is 1.06 bits per heavy atom. The molecule has 1 aliphatic heterocycles. The summed E-state index contributed by atoms with van der Waals surface area (Å²) in [5.41, 5.74) is -0.411. The van der Waals surface area contributed by atoms with Gasteiger partial charge in [0.1, 0.15) is 0 Å². The second-order valence-corrected chi connectivity index (χ2v) is 12.1. The van der Waals surface area contributed by atoms with Gasteiger partial charge in [0, 0.05) is 31.6 Å². The number of piperidine rings is 1. The molecule has 0 spiro atoms. The smallest absolute Gasteiger partial charge is 0.352 e. The van der Waals surface area contributed by atoms with Crippen molar-refractivity contribution in [3.63, 3.8) is 0 Å². The highest BCUT2D eigenvalue weighted by atomic mass is 19.4. The molecule has 1 aromatic carbocycles. The molecule has 1 N–H and O–H groups in total. The molecule has 0 radical (unpaired) electrons. The van der Waals surface area contributed by atoms with Crippen LogP contribution in [0.5, 0.6) is 0 Å². The van der Waals surface area contributed by atoms with Crippen molar-refractivity contribution in [3.8, 4) is 0 Å².